The van der Waals surface area contributed by atoms with Gasteiger partial charge in [-0.3, -0.25) is 0 Å². The Hall–Kier alpha value is 0.278. The molecule has 4 nitrogen and oxygen atoms in total. The van der Waals surface area contributed by atoms with E-state index in [1.807, 2.05) is 13.8 Å². The van der Waals surface area contributed by atoms with Gasteiger partial charge in [0.05, 0.1) is 0 Å². The second-order valence-corrected chi connectivity index (χ2v) is 5.13. The van der Waals surface area contributed by atoms with Crippen molar-refractivity contribution in [2.24, 2.45) is 11.8 Å². The fraction of sp³-hybridized carbons (Fsp3) is 0.875. The van der Waals surface area contributed by atoms with Gasteiger partial charge in [0, 0.05) is 52.3 Å². The predicted octanol–water partition coefficient (Wildman–Crippen LogP) is 1.91. The summed E-state index contributed by atoms with van der Waals surface area (Å²) in [5, 5.41) is 20.7. The van der Waals surface area contributed by atoms with Gasteiger partial charge in [0.15, 0.2) is 0 Å². The first-order valence-corrected chi connectivity index (χ1v) is 7.86. The third kappa shape index (κ3) is 16.5. The van der Waals surface area contributed by atoms with E-state index in [0.717, 1.165) is 38.5 Å². The van der Waals surface area contributed by atoms with Gasteiger partial charge in [-0.05, 0) is 37.5 Å². The van der Waals surface area contributed by atoms with E-state index in [1.54, 1.807) is 0 Å². The molecule has 0 radical (unpaired) electrons. The molecule has 0 aromatic carbocycles. The van der Waals surface area contributed by atoms with Gasteiger partial charge in [-0.25, -0.2) is 0 Å². The molecule has 0 aromatic rings. The maximum Gasteiger partial charge on any atom is 0.0445 e. The second kappa shape index (κ2) is 18.3. The van der Waals surface area contributed by atoms with Crippen molar-refractivity contribution in [1.82, 2.24) is 0 Å². The van der Waals surface area contributed by atoms with Gasteiger partial charge in [-0.15, -0.1) is 0 Å². The van der Waals surface area contributed by atoms with Crippen LogP contribution in [0, 0.1) is 52.2 Å². The predicted molar refractivity (Wildman–Crippen MR) is 76.6 cm³/mol. The normalized spacial score (nSPS) is 12.4. The number of aliphatic carboxylic acids is 2. The molecular weight excluding hydrogens is 407 g/mol. The van der Waals surface area contributed by atoms with Crippen molar-refractivity contribution in [2.45, 2.75) is 79.1 Å². The molecule has 5 heteroatoms. The molecule has 0 aliphatic carbocycles. The summed E-state index contributed by atoms with van der Waals surface area (Å²) in [7, 11) is 0. The first kappa shape index (κ1) is 26.2. The van der Waals surface area contributed by atoms with E-state index in [2.05, 4.69) is 13.8 Å². The van der Waals surface area contributed by atoms with Gasteiger partial charge >= 0.3 is 0 Å². The minimum Gasteiger partial charge on any atom is -0.550 e. The summed E-state index contributed by atoms with van der Waals surface area (Å²) >= 11 is 0. The molecule has 0 heterocycles. The van der Waals surface area contributed by atoms with Crippen LogP contribution in [0.5, 0.6) is 0 Å². The molecule has 0 aromatic heterocycles. The van der Waals surface area contributed by atoms with Crippen LogP contribution in [0.2, 0.25) is 0 Å². The van der Waals surface area contributed by atoms with Crippen molar-refractivity contribution in [2.75, 3.05) is 0 Å². The molecule has 0 aliphatic rings. The Bertz CT molecular complexity index is 231. The molecule has 0 N–H and O–H groups in total. The topological polar surface area (TPSA) is 80.3 Å². The fourth-order valence-corrected chi connectivity index (χ4v) is 1.88. The number of unbranched alkanes of at least 4 members (excludes halogenated alkanes) is 2. The summed E-state index contributed by atoms with van der Waals surface area (Å²) in [5.74, 6) is -2.23. The minimum absolute atomic E-state index is 0. The van der Waals surface area contributed by atoms with Crippen LogP contribution in [-0.4, -0.2) is 11.9 Å². The van der Waals surface area contributed by atoms with E-state index >= 15 is 0 Å². The number of carboxylic acid groups (broad SMARTS) is 2. The van der Waals surface area contributed by atoms with Crippen LogP contribution in [0.1, 0.15) is 79.1 Å². The van der Waals surface area contributed by atoms with Crippen molar-refractivity contribution < 1.29 is 60.2 Å². The first-order chi connectivity index (χ1) is 9.44. The molecular formula is C16H30O4Sm-2. The average Bonchev–Trinajstić information content (AvgIpc) is 2.40. The van der Waals surface area contributed by atoms with Crippen molar-refractivity contribution in [3.8, 4) is 0 Å². The van der Waals surface area contributed by atoms with Crippen LogP contribution < -0.4 is 10.2 Å². The molecule has 0 amide bonds. The number of carboxylic acids is 2. The van der Waals surface area contributed by atoms with E-state index in [1.165, 1.54) is 0 Å². The van der Waals surface area contributed by atoms with Crippen LogP contribution in [0.15, 0.2) is 0 Å². The summed E-state index contributed by atoms with van der Waals surface area (Å²) in [6, 6.07) is 0. The number of rotatable bonds is 10. The zero-order valence-electron chi connectivity index (χ0n) is 13.9. The zero-order chi connectivity index (χ0) is 16.0. The molecule has 0 fully saturated rings. The third-order valence-corrected chi connectivity index (χ3v) is 3.46. The Morgan fingerprint density at radius 1 is 0.762 bits per heavy atom. The minimum atomic E-state index is -0.893. The molecule has 2 unspecified atom stereocenters. The molecule has 0 rings (SSSR count). The number of hydrogen-bond donors (Lipinski definition) is 0. The second-order valence-electron chi connectivity index (χ2n) is 5.13. The smallest absolute Gasteiger partial charge is 0.0445 e. The van der Waals surface area contributed by atoms with Crippen molar-refractivity contribution in [3.63, 3.8) is 0 Å². The third-order valence-electron chi connectivity index (χ3n) is 3.46. The summed E-state index contributed by atoms with van der Waals surface area (Å²) in [6.07, 6.45) is 7.04. The molecule has 126 valence electrons. The molecule has 0 spiro atoms. The molecule has 0 saturated heterocycles. The number of hydrogen-bond acceptors (Lipinski definition) is 4. The monoisotopic (exact) mass is 438 g/mol. The summed E-state index contributed by atoms with van der Waals surface area (Å²) in [6.45, 7) is 7.89. The average molecular weight is 437 g/mol. The molecule has 2 atom stereocenters. The molecule has 21 heavy (non-hydrogen) atoms. The summed E-state index contributed by atoms with van der Waals surface area (Å²) in [4.78, 5) is 20.7. The van der Waals surface area contributed by atoms with Crippen molar-refractivity contribution in [1.29, 1.82) is 0 Å². The van der Waals surface area contributed by atoms with Gasteiger partial charge in [0.1, 0.15) is 0 Å². The van der Waals surface area contributed by atoms with Gasteiger partial charge in [0.2, 0.25) is 0 Å². The maximum absolute atomic E-state index is 10.3. The van der Waals surface area contributed by atoms with Gasteiger partial charge in [0.25, 0.3) is 0 Å². The van der Waals surface area contributed by atoms with Gasteiger partial charge < -0.3 is 19.8 Å². The molecule has 0 saturated carbocycles. The van der Waals surface area contributed by atoms with Gasteiger partial charge in [-0.2, -0.15) is 0 Å². The van der Waals surface area contributed by atoms with E-state index in [4.69, 9.17) is 0 Å². The van der Waals surface area contributed by atoms with E-state index in [9.17, 15) is 19.8 Å². The standard InChI is InChI=1S/2C8H16O2.Sm/c2*1-3-5-6-7(4-2)8(9)10;/h2*7H,3-6H2,1-2H3,(H,9,10);/p-2. The van der Waals surface area contributed by atoms with E-state index in [-0.39, 0.29) is 52.2 Å². The Labute approximate surface area is 162 Å². The van der Waals surface area contributed by atoms with Crippen LogP contribution in [0.3, 0.4) is 0 Å². The molecule has 0 bridgehead atoms. The van der Waals surface area contributed by atoms with Crippen LogP contribution in [0.4, 0.5) is 0 Å². The Balaban J connectivity index is -0.000000295. The fourth-order valence-electron chi connectivity index (χ4n) is 1.88. The van der Waals surface area contributed by atoms with E-state index < -0.39 is 11.9 Å². The quantitative estimate of drug-likeness (QED) is 0.524. The first-order valence-electron chi connectivity index (χ1n) is 7.86. The van der Waals surface area contributed by atoms with E-state index in [0.29, 0.717) is 12.8 Å². The molecule has 0 aliphatic heterocycles. The SMILES string of the molecule is CCCCC(CC)C(=O)[O-].CCCCC(CC)C(=O)[O-].[Sm]. The zero-order valence-corrected chi connectivity index (χ0v) is 16.5. The van der Waals surface area contributed by atoms with Crippen LogP contribution >= 0.6 is 0 Å². The van der Waals surface area contributed by atoms with Crippen LogP contribution in [-0.2, 0) is 9.59 Å². The summed E-state index contributed by atoms with van der Waals surface area (Å²) < 4.78 is 0. The number of carbonyl (C=O) groups excluding carboxylic acids is 2. The van der Waals surface area contributed by atoms with Crippen molar-refractivity contribution >= 4 is 11.9 Å². The van der Waals surface area contributed by atoms with Gasteiger partial charge in [-0.1, -0.05) is 53.4 Å². The summed E-state index contributed by atoms with van der Waals surface area (Å²) in [5.41, 5.74) is 0. The number of carbonyl (C=O) groups is 2. The maximum atomic E-state index is 10.3. The Morgan fingerprint density at radius 3 is 1.19 bits per heavy atom. The largest absolute Gasteiger partial charge is 0.550 e. The Kier molecular flexibility index (Phi) is 22.9. The van der Waals surface area contributed by atoms with Crippen molar-refractivity contribution in [3.05, 3.63) is 0 Å². The Morgan fingerprint density at radius 2 is 1.05 bits per heavy atom. The van der Waals surface area contributed by atoms with Crippen LogP contribution in [0.25, 0.3) is 0 Å².